The number of amides is 2. The van der Waals surface area contributed by atoms with Gasteiger partial charge >= 0.3 is 0 Å². The van der Waals surface area contributed by atoms with Gasteiger partial charge in [0.25, 0.3) is 11.8 Å². The van der Waals surface area contributed by atoms with Crippen LogP contribution in [0.1, 0.15) is 36.7 Å². The van der Waals surface area contributed by atoms with Crippen molar-refractivity contribution in [1.29, 1.82) is 0 Å². The van der Waals surface area contributed by atoms with Crippen LogP contribution in [-0.4, -0.2) is 36.7 Å². The highest BCUT2D eigenvalue weighted by molar-refractivity contribution is 9.10. The third-order valence-electron chi connectivity index (χ3n) is 5.18. The van der Waals surface area contributed by atoms with Crippen LogP contribution in [0.4, 0.5) is 0 Å². The van der Waals surface area contributed by atoms with Crippen LogP contribution in [-0.2, 0) is 10.2 Å². The van der Waals surface area contributed by atoms with Crippen molar-refractivity contribution in [3.63, 3.8) is 0 Å². The lowest BCUT2D eigenvalue weighted by Gasteiger charge is -2.20. The Balaban J connectivity index is 1.35. The van der Waals surface area contributed by atoms with Crippen LogP contribution < -0.4 is 30.4 Å². The Morgan fingerprint density at radius 3 is 2.08 bits per heavy atom. The fourth-order valence-corrected chi connectivity index (χ4v) is 3.77. The van der Waals surface area contributed by atoms with E-state index in [9.17, 15) is 9.59 Å². The molecule has 3 N–H and O–H groups in total. The van der Waals surface area contributed by atoms with Crippen LogP contribution in [0.2, 0.25) is 0 Å². The Hall–Kier alpha value is -3.63. The van der Waals surface area contributed by atoms with E-state index in [1.54, 1.807) is 24.3 Å². The molecule has 0 unspecified atom stereocenters. The van der Waals surface area contributed by atoms with Gasteiger partial charge in [-0.05, 0) is 87.7 Å². The van der Waals surface area contributed by atoms with Crippen LogP contribution >= 0.6 is 28.1 Å². The van der Waals surface area contributed by atoms with Crippen molar-refractivity contribution in [2.45, 2.75) is 26.2 Å². The normalized spacial score (nSPS) is 10.7. The number of thiocarbonyl (C=S) groups is 1. The Morgan fingerprint density at radius 1 is 0.842 bits per heavy atom. The van der Waals surface area contributed by atoms with Crippen LogP contribution in [0.25, 0.3) is 0 Å². The van der Waals surface area contributed by atoms with Crippen LogP contribution in [0, 0.1) is 0 Å². The van der Waals surface area contributed by atoms with Crippen molar-refractivity contribution >= 4 is 45.1 Å². The lowest BCUT2D eigenvalue weighted by molar-refractivity contribution is -0.123. The van der Waals surface area contributed by atoms with Gasteiger partial charge < -0.3 is 14.2 Å². The standard InChI is InChI=1S/C28H30BrN3O5S/c1-28(2,3)20-11-14-24(23(29)17-20)37-18-25(33)31-32-27(38)30-26(34)19-9-12-22(13-10-19)36-16-15-35-21-7-5-4-6-8-21/h4-14,17H,15-16,18H2,1-3H3,(H,31,33)(H2,30,32,34,38). The number of carbonyl (C=O) groups excluding carboxylic acids is 2. The summed E-state index contributed by atoms with van der Waals surface area (Å²) in [5.41, 5.74) is 6.40. The first-order chi connectivity index (χ1) is 18.1. The Bertz CT molecular complexity index is 1250. The molecule has 0 spiro atoms. The summed E-state index contributed by atoms with van der Waals surface area (Å²) in [6.45, 7) is 6.86. The van der Waals surface area contributed by atoms with Crippen molar-refractivity contribution in [2.75, 3.05) is 19.8 Å². The van der Waals surface area contributed by atoms with E-state index in [4.69, 9.17) is 26.4 Å². The summed E-state index contributed by atoms with van der Waals surface area (Å²) in [6.07, 6.45) is 0. The molecule has 0 aliphatic rings. The average molecular weight is 601 g/mol. The van der Waals surface area contributed by atoms with Gasteiger partial charge in [0.1, 0.15) is 30.5 Å². The van der Waals surface area contributed by atoms with E-state index >= 15 is 0 Å². The van der Waals surface area contributed by atoms with Gasteiger partial charge in [-0.15, -0.1) is 0 Å². The molecule has 3 aromatic rings. The number of nitrogens with one attached hydrogen (secondary N) is 3. The zero-order valence-corrected chi connectivity index (χ0v) is 23.8. The molecule has 0 heterocycles. The number of ether oxygens (including phenoxy) is 3. The van der Waals surface area contributed by atoms with Gasteiger partial charge in [-0.1, -0.05) is 45.0 Å². The number of rotatable bonds is 9. The van der Waals surface area contributed by atoms with Gasteiger partial charge in [-0.25, -0.2) is 0 Å². The van der Waals surface area contributed by atoms with Crippen molar-refractivity contribution in [3.05, 3.63) is 88.4 Å². The maximum absolute atomic E-state index is 12.4. The Labute approximate surface area is 236 Å². The van der Waals surface area contributed by atoms with Gasteiger partial charge in [0.05, 0.1) is 4.47 Å². The lowest BCUT2D eigenvalue weighted by atomic mass is 9.87. The molecular weight excluding hydrogens is 570 g/mol. The van der Waals surface area contributed by atoms with E-state index in [-0.39, 0.29) is 17.1 Å². The SMILES string of the molecule is CC(C)(C)c1ccc(OCC(=O)NNC(=S)NC(=O)c2ccc(OCCOc3ccccc3)cc2)c(Br)c1. The highest BCUT2D eigenvalue weighted by Crippen LogP contribution is 2.31. The van der Waals surface area contributed by atoms with Gasteiger partial charge in [0.2, 0.25) is 0 Å². The number of hydrogen-bond acceptors (Lipinski definition) is 6. The van der Waals surface area contributed by atoms with E-state index in [2.05, 4.69) is 52.9 Å². The van der Waals surface area contributed by atoms with Crippen LogP contribution in [0.5, 0.6) is 17.2 Å². The van der Waals surface area contributed by atoms with Gasteiger partial charge in [0.15, 0.2) is 11.7 Å². The molecule has 8 nitrogen and oxygen atoms in total. The summed E-state index contributed by atoms with van der Waals surface area (Å²) in [4.78, 5) is 24.6. The first kappa shape index (κ1) is 28.9. The summed E-state index contributed by atoms with van der Waals surface area (Å²) in [5.74, 6) is 1.02. The summed E-state index contributed by atoms with van der Waals surface area (Å²) < 4.78 is 17.5. The molecular formula is C28H30BrN3O5S. The second-order valence-electron chi connectivity index (χ2n) is 9.17. The minimum absolute atomic E-state index is 0.00362. The first-order valence-electron chi connectivity index (χ1n) is 11.9. The predicted molar refractivity (Wildman–Crippen MR) is 154 cm³/mol. The molecule has 38 heavy (non-hydrogen) atoms. The number of para-hydroxylation sites is 1. The van der Waals surface area contributed by atoms with E-state index < -0.39 is 11.8 Å². The second kappa shape index (κ2) is 13.8. The maximum atomic E-state index is 12.4. The highest BCUT2D eigenvalue weighted by Gasteiger charge is 2.16. The summed E-state index contributed by atoms with van der Waals surface area (Å²) >= 11 is 8.56. The quantitative estimate of drug-likeness (QED) is 0.182. The topological polar surface area (TPSA) is 97.9 Å². The van der Waals surface area contributed by atoms with Crippen LogP contribution in [0.3, 0.4) is 0 Å². The number of halogens is 1. The predicted octanol–water partition coefficient (Wildman–Crippen LogP) is 4.92. The number of hydrogen-bond donors (Lipinski definition) is 3. The molecule has 0 aliphatic heterocycles. The second-order valence-corrected chi connectivity index (χ2v) is 10.4. The zero-order valence-electron chi connectivity index (χ0n) is 21.4. The van der Waals surface area contributed by atoms with E-state index in [0.29, 0.717) is 30.3 Å². The first-order valence-corrected chi connectivity index (χ1v) is 13.1. The number of hydrazine groups is 1. The van der Waals surface area contributed by atoms with E-state index in [1.807, 2.05) is 48.5 Å². The highest BCUT2D eigenvalue weighted by atomic mass is 79.9. The fourth-order valence-electron chi connectivity index (χ4n) is 3.14. The van der Waals surface area contributed by atoms with Crippen LogP contribution in [0.15, 0.2) is 77.3 Å². The monoisotopic (exact) mass is 599 g/mol. The van der Waals surface area contributed by atoms with Crippen molar-refractivity contribution in [2.24, 2.45) is 0 Å². The number of benzene rings is 3. The molecule has 0 saturated heterocycles. The molecule has 10 heteroatoms. The summed E-state index contributed by atoms with van der Waals surface area (Å²) in [6, 6.07) is 21.8. The smallest absolute Gasteiger partial charge is 0.276 e. The third kappa shape index (κ3) is 9.35. The number of carbonyl (C=O) groups is 2. The van der Waals surface area contributed by atoms with Crippen molar-refractivity contribution in [3.8, 4) is 17.2 Å². The molecule has 200 valence electrons. The fraction of sp³-hybridized carbons (Fsp3) is 0.250. The maximum Gasteiger partial charge on any atom is 0.276 e. The zero-order chi connectivity index (χ0) is 27.5. The molecule has 3 rings (SSSR count). The summed E-state index contributed by atoms with van der Waals surface area (Å²) in [7, 11) is 0. The minimum atomic E-state index is -0.467. The molecule has 3 aromatic carbocycles. The van der Waals surface area contributed by atoms with Crippen molar-refractivity contribution in [1.82, 2.24) is 16.2 Å². The molecule has 0 atom stereocenters. The Kier molecular flexibility index (Phi) is 10.5. The van der Waals surface area contributed by atoms with Gasteiger partial charge in [-0.3, -0.25) is 25.8 Å². The molecule has 0 bridgehead atoms. The minimum Gasteiger partial charge on any atom is -0.490 e. The molecule has 0 aromatic heterocycles. The van der Waals surface area contributed by atoms with E-state index in [1.165, 1.54) is 0 Å². The largest absolute Gasteiger partial charge is 0.490 e. The molecule has 0 aliphatic carbocycles. The van der Waals surface area contributed by atoms with E-state index in [0.717, 1.165) is 15.8 Å². The van der Waals surface area contributed by atoms with Crippen molar-refractivity contribution < 1.29 is 23.8 Å². The molecule has 0 radical (unpaired) electrons. The molecule has 2 amide bonds. The average Bonchev–Trinajstić information content (AvgIpc) is 2.89. The molecule has 0 saturated carbocycles. The van der Waals surface area contributed by atoms with Gasteiger partial charge in [-0.2, -0.15) is 0 Å². The van der Waals surface area contributed by atoms with Gasteiger partial charge in [0, 0.05) is 5.56 Å². The molecule has 0 fully saturated rings. The third-order valence-corrected chi connectivity index (χ3v) is 6.00. The lowest BCUT2D eigenvalue weighted by Crippen LogP contribution is -2.49. The Morgan fingerprint density at radius 2 is 1.47 bits per heavy atom. The summed E-state index contributed by atoms with van der Waals surface area (Å²) in [5, 5.41) is 2.44.